The fraction of sp³-hybridized carbons (Fsp3) is 0.667. The lowest BCUT2D eigenvalue weighted by Gasteiger charge is -2.31. The number of nitrogens with zero attached hydrogens (tertiary/aromatic N) is 2. The third-order valence-electron chi connectivity index (χ3n) is 3.28. The number of nitrogens with one attached hydrogen (secondary N) is 1. The lowest BCUT2D eigenvalue weighted by molar-refractivity contribution is -0.123. The number of aryl methyl sites for hydroxylation is 1. The van der Waals surface area contributed by atoms with E-state index in [1.165, 1.54) is 0 Å². The van der Waals surface area contributed by atoms with Gasteiger partial charge in [0.15, 0.2) is 0 Å². The highest BCUT2D eigenvalue weighted by Crippen LogP contribution is 2.13. The Hall–Kier alpha value is -1.36. The summed E-state index contributed by atoms with van der Waals surface area (Å²) in [4.78, 5) is 11.8. The van der Waals surface area contributed by atoms with Gasteiger partial charge in [-0.2, -0.15) is 5.10 Å². The fourth-order valence-electron chi connectivity index (χ4n) is 1.77. The maximum absolute atomic E-state index is 11.8. The van der Waals surface area contributed by atoms with E-state index < -0.39 is 0 Å². The molecule has 1 heterocycles. The van der Waals surface area contributed by atoms with Gasteiger partial charge in [0.25, 0.3) is 0 Å². The minimum Gasteiger partial charge on any atom is -0.349 e. The van der Waals surface area contributed by atoms with Gasteiger partial charge in [-0.1, -0.05) is 13.8 Å². The molecule has 0 atom stereocenters. The molecule has 0 bridgehead atoms. The normalized spacial score (nSPS) is 11.5. The van der Waals surface area contributed by atoms with E-state index in [9.17, 15) is 4.79 Å². The van der Waals surface area contributed by atoms with E-state index in [1.54, 1.807) is 10.9 Å². The number of carbonyl (C=O) groups excluding carboxylic acids is 1. The maximum atomic E-state index is 11.8. The van der Waals surface area contributed by atoms with Gasteiger partial charge in [-0.05, 0) is 18.9 Å². The summed E-state index contributed by atoms with van der Waals surface area (Å²) in [5, 5.41) is 7.09. The van der Waals surface area contributed by atoms with Crippen LogP contribution in [0.3, 0.4) is 0 Å². The fourth-order valence-corrected chi connectivity index (χ4v) is 1.77. The second kappa shape index (κ2) is 6.39. The molecular formula is C12H22N4O. The molecule has 1 rings (SSSR count). The second-order valence-corrected chi connectivity index (χ2v) is 4.26. The monoisotopic (exact) mass is 238 g/mol. The van der Waals surface area contributed by atoms with Crippen LogP contribution in [-0.2, 0) is 11.3 Å². The first-order valence-electron chi connectivity index (χ1n) is 6.14. The van der Waals surface area contributed by atoms with Gasteiger partial charge in [-0.3, -0.25) is 9.48 Å². The zero-order valence-corrected chi connectivity index (χ0v) is 10.6. The molecule has 96 valence electrons. The lowest BCUT2D eigenvalue weighted by Crippen LogP contribution is -2.53. The van der Waals surface area contributed by atoms with Crippen molar-refractivity contribution in [3.8, 4) is 0 Å². The van der Waals surface area contributed by atoms with E-state index in [0.29, 0.717) is 19.5 Å². The molecule has 5 nitrogen and oxygen atoms in total. The Kier molecular flexibility index (Phi) is 5.15. The van der Waals surface area contributed by atoms with Crippen LogP contribution in [0.15, 0.2) is 18.5 Å². The Balaban J connectivity index is 2.42. The van der Waals surface area contributed by atoms with Crippen molar-refractivity contribution in [3.05, 3.63) is 18.5 Å². The summed E-state index contributed by atoms with van der Waals surface area (Å²) in [6, 6.07) is 1.85. The first kappa shape index (κ1) is 13.7. The molecule has 17 heavy (non-hydrogen) atoms. The van der Waals surface area contributed by atoms with Crippen molar-refractivity contribution < 1.29 is 4.79 Å². The van der Waals surface area contributed by atoms with E-state index in [2.05, 4.69) is 10.4 Å². The standard InChI is InChI=1S/C12H22N4O/c1-3-12(4-2,10-13)15-11(17)6-9-16-8-5-7-14-16/h5,7-8H,3-4,6,9-10,13H2,1-2H3,(H,15,17). The Morgan fingerprint density at radius 2 is 2.18 bits per heavy atom. The average Bonchev–Trinajstić information content (AvgIpc) is 2.87. The quantitative estimate of drug-likeness (QED) is 0.741. The highest BCUT2D eigenvalue weighted by Gasteiger charge is 2.25. The van der Waals surface area contributed by atoms with Crippen molar-refractivity contribution in [2.45, 2.75) is 45.2 Å². The molecular weight excluding hydrogens is 216 g/mol. The topological polar surface area (TPSA) is 72.9 Å². The van der Waals surface area contributed by atoms with Gasteiger partial charge in [0, 0.05) is 31.9 Å². The Morgan fingerprint density at radius 3 is 2.65 bits per heavy atom. The van der Waals surface area contributed by atoms with Crippen LogP contribution >= 0.6 is 0 Å². The number of aromatic nitrogens is 2. The minimum absolute atomic E-state index is 0.0367. The van der Waals surface area contributed by atoms with Gasteiger partial charge in [-0.15, -0.1) is 0 Å². The molecule has 3 N–H and O–H groups in total. The smallest absolute Gasteiger partial charge is 0.222 e. The number of hydrogen-bond acceptors (Lipinski definition) is 3. The number of carbonyl (C=O) groups is 1. The molecule has 0 aromatic carbocycles. The van der Waals surface area contributed by atoms with Gasteiger partial charge in [0.1, 0.15) is 0 Å². The van der Waals surface area contributed by atoms with E-state index in [-0.39, 0.29) is 11.4 Å². The zero-order chi connectivity index (χ0) is 12.7. The molecule has 1 aromatic heterocycles. The molecule has 1 amide bonds. The highest BCUT2D eigenvalue weighted by molar-refractivity contribution is 5.76. The molecule has 0 saturated carbocycles. The van der Waals surface area contributed by atoms with Gasteiger partial charge in [-0.25, -0.2) is 0 Å². The van der Waals surface area contributed by atoms with E-state index in [4.69, 9.17) is 5.73 Å². The molecule has 0 unspecified atom stereocenters. The Bertz CT molecular complexity index is 322. The van der Waals surface area contributed by atoms with Crippen LogP contribution in [-0.4, -0.2) is 27.8 Å². The van der Waals surface area contributed by atoms with Crippen LogP contribution in [0.25, 0.3) is 0 Å². The number of nitrogens with two attached hydrogens (primary N) is 1. The molecule has 0 aliphatic rings. The second-order valence-electron chi connectivity index (χ2n) is 4.26. The maximum Gasteiger partial charge on any atom is 0.222 e. The molecule has 0 saturated heterocycles. The minimum atomic E-state index is -0.249. The summed E-state index contributed by atoms with van der Waals surface area (Å²) < 4.78 is 1.75. The summed E-state index contributed by atoms with van der Waals surface area (Å²) in [6.45, 7) is 5.18. The lowest BCUT2D eigenvalue weighted by atomic mass is 9.93. The van der Waals surface area contributed by atoms with Crippen LogP contribution in [0.1, 0.15) is 33.1 Å². The summed E-state index contributed by atoms with van der Waals surface area (Å²) in [5.74, 6) is 0.0367. The number of rotatable bonds is 7. The van der Waals surface area contributed by atoms with E-state index in [0.717, 1.165) is 12.8 Å². The first-order valence-corrected chi connectivity index (χ1v) is 6.14. The molecule has 0 radical (unpaired) electrons. The zero-order valence-electron chi connectivity index (χ0n) is 10.6. The van der Waals surface area contributed by atoms with E-state index >= 15 is 0 Å². The van der Waals surface area contributed by atoms with E-state index in [1.807, 2.05) is 26.1 Å². The first-order chi connectivity index (χ1) is 8.15. The van der Waals surface area contributed by atoms with Crippen molar-refractivity contribution in [1.82, 2.24) is 15.1 Å². The van der Waals surface area contributed by atoms with Crippen LogP contribution in [0.2, 0.25) is 0 Å². The van der Waals surface area contributed by atoms with Gasteiger partial charge in [0.05, 0.1) is 5.54 Å². The van der Waals surface area contributed by atoms with Crippen molar-refractivity contribution in [2.75, 3.05) is 6.54 Å². The molecule has 5 heteroatoms. The van der Waals surface area contributed by atoms with Gasteiger partial charge >= 0.3 is 0 Å². The van der Waals surface area contributed by atoms with Crippen LogP contribution in [0.4, 0.5) is 0 Å². The molecule has 1 aromatic rings. The third kappa shape index (κ3) is 3.85. The molecule has 0 aliphatic carbocycles. The Labute approximate surface area is 102 Å². The van der Waals surface area contributed by atoms with Crippen molar-refractivity contribution in [2.24, 2.45) is 5.73 Å². The summed E-state index contributed by atoms with van der Waals surface area (Å²) in [7, 11) is 0. The third-order valence-corrected chi connectivity index (χ3v) is 3.28. The predicted octanol–water partition coefficient (Wildman–Crippen LogP) is 0.907. The summed E-state index contributed by atoms with van der Waals surface area (Å²) in [5.41, 5.74) is 5.49. The van der Waals surface area contributed by atoms with Crippen molar-refractivity contribution in [1.29, 1.82) is 0 Å². The van der Waals surface area contributed by atoms with Crippen LogP contribution in [0.5, 0.6) is 0 Å². The van der Waals surface area contributed by atoms with Crippen LogP contribution in [0, 0.1) is 0 Å². The van der Waals surface area contributed by atoms with Crippen LogP contribution < -0.4 is 11.1 Å². The average molecular weight is 238 g/mol. The highest BCUT2D eigenvalue weighted by atomic mass is 16.1. The Morgan fingerprint density at radius 1 is 1.47 bits per heavy atom. The number of hydrogen-bond donors (Lipinski definition) is 2. The molecule has 0 fully saturated rings. The summed E-state index contributed by atoms with van der Waals surface area (Å²) >= 11 is 0. The van der Waals surface area contributed by atoms with Gasteiger partial charge in [0.2, 0.25) is 5.91 Å². The SMILES string of the molecule is CCC(CC)(CN)NC(=O)CCn1cccn1. The molecule has 0 spiro atoms. The largest absolute Gasteiger partial charge is 0.349 e. The van der Waals surface area contributed by atoms with Crippen molar-refractivity contribution in [3.63, 3.8) is 0 Å². The number of amides is 1. The summed E-state index contributed by atoms with van der Waals surface area (Å²) in [6.07, 6.45) is 5.70. The van der Waals surface area contributed by atoms with Crippen molar-refractivity contribution >= 4 is 5.91 Å². The molecule has 0 aliphatic heterocycles. The van der Waals surface area contributed by atoms with Gasteiger partial charge < -0.3 is 11.1 Å². The predicted molar refractivity (Wildman–Crippen MR) is 67.4 cm³/mol.